The molecule has 19 heavy (non-hydrogen) atoms. The lowest BCUT2D eigenvalue weighted by molar-refractivity contribution is 0.196. The smallest absolute Gasteiger partial charge is 0.126 e. The molecule has 0 spiro atoms. The summed E-state index contributed by atoms with van der Waals surface area (Å²) >= 11 is 0. The number of fused-ring (bicyclic) bond motifs is 2. The Balaban J connectivity index is 1.64. The Morgan fingerprint density at radius 1 is 1.26 bits per heavy atom. The van der Waals surface area contributed by atoms with Crippen LogP contribution < -0.4 is 5.32 Å². The van der Waals surface area contributed by atoms with E-state index in [0.29, 0.717) is 12.1 Å². The van der Waals surface area contributed by atoms with Crippen molar-refractivity contribution in [2.75, 3.05) is 13.1 Å². The maximum atomic E-state index is 13.7. The lowest BCUT2D eigenvalue weighted by Gasteiger charge is -2.30. The summed E-state index contributed by atoms with van der Waals surface area (Å²) in [5.74, 6) is -0.0659. The van der Waals surface area contributed by atoms with Gasteiger partial charge in [0.2, 0.25) is 0 Å². The predicted octanol–water partition coefficient (Wildman–Crippen LogP) is 2.58. The van der Waals surface area contributed by atoms with E-state index in [0.717, 1.165) is 31.1 Å². The van der Waals surface area contributed by atoms with E-state index in [4.69, 9.17) is 0 Å². The Labute approximate surface area is 115 Å². The van der Waals surface area contributed by atoms with Gasteiger partial charge in [-0.05, 0) is 50.8 Å². The second-order valence-corrected chi connectivity index (χ2v) is 6.07. The van der Waals surface area contributed by atoms with Crippen LogP contribution in [0.3, 0.4) is 0 Å². The topological polar surface area (TPSA) is 15.3 Å². The summed E-state index contributed by atoms with van der Waals surface area (Å²) in [5, 5.41) is 3.70. The van der Waals surface area contributed by atoms with Gasteiger partial charge in [0.25, 0.3) is 0 Å². The zero-order valence-corrected chi connectivity index (χ0v) is 11.6. The molecule has 2 saturated heterocycles. The molecule has 0 amide bonds. The van der Waals surface area contributed by atoms with E-state index in [1.165, 1.54) is 19.3 Å². The highest BCUT2D eigenvalue weighted by Gasteiger charge is 2.30. The van der Waals surface area contributed by atoms with Crippen molar-refractivity contribution in [3.8, 4) is 0 Å². The van der Waals surface area contributed by atoms with Crippen molar-refractivity contribution in [3.63, 3.8) is 0 Å². The van der Waals surface area contributed by atoms with E-state index in [1.54, 1.807) is 12.1 Å². The maximum Gasteiger partial charge on any atom is 0.126 e. The maximum absolute atomic E-state index is 13.7. The highest BCUT2D eigenvalue weighted by molar-refractivity contribution is 5.18. The molecule has 104 valence electrons. The number of halogens is 1. The Morgan fingerprint density at radius 3 is 2.89 bits per heavy atom. The lowest BCUT2D eigenvalue weighted by Crippen LogP contribution is -2.41. The summed E-state index contributed by atoms with van der Waals surface area (Å²) in [4.78, 5) is 2.53. The number of nitrogens with zero attached hydrogens (tertiary/aromatic N) is 1. The van der Waals surface area contributed by atoms with Crippen molar-refractivity contribution in [3.05, 3.63) is 35.6 Å². The van der Waals surface area contributed by atoms with Crippen LogP contribution in [0.15, 0.2) is 24.3 Å². The average molecular weight is 262 g/mol. The van der Waals surface area contributed by atoms with E-state index in [1.807, 2.05) is 12.1 Å². The molecule has 2 bridgehead atoms. The molecule has 1 aromatic carbocycles. The second kappa shape index (κ2) is 5.59. The molecule has 0 aliphatic carbocycles. The van der Waals surface area contributed by atoms with Crippen LogP contribution in [0, 0.1) is 5.82 Å². The highest BCUT2D eigenvalue weighted by Crippen LogP contribution is 2.22. The van der Waals surface area contributed by atoms with Gasteiger partial charge >= 0.3 is 0 Å². The van der Waals surface area contributed by atoms with Crippen molar-refractivity contribution < 1.29 is 4.39 Å². The Bertz CT molecular complexity index is 435. The summed E-state index contributed by atoms with van der Waals surface area (Å²) < 4.78 is 13.7. The van der Waals surface area contributed by atoms with Crippen molar-refractivity contribution in [2.24, 2.45) is 0 Å². The number of hydrogen-bond acceptors (Lipinski definition) is 2. The Kier molecular flexibility index (Phi) is 3.85. The summed E-state index contributed by atoms with van der Waals surface area (Å²) in [6.45, 7) is 4.49. The third kappa shape index (κ3) is 2.98. The van der Waals surface area contributed by atoms with Gasteiger partial charge in [-0.3, -0.25) is 4.90 Å². The third-order valence-electron chi connectivity index (χ3n) is 4.65. The molecule has 2 aliphatic heterocycles. The summed E-state index contributed by atoms with van der Waals surface area (Å²) in [6.07, 6.45) is 4.68. The van der Waals surface area contributed by atoms with Gasteiger partial charge in [-0.1, -0.05) is 18.2 Å². The number of hydrogen-bond donors (Lipinski definition) is 1. The molecule has 1 aromatic rings. The van der Waals surface area contributed by atoms with E-state index >= 15 is 0 Å². The monoisotopic (exact) mass is 262 g/mol. The van der Waals surface area contributed by atoms with Crippen LogP contribution in [-0.2, 0) is 6.42 Å². The zero-order chi connectivity index (χ0) is 13.2. The van der Waals surface area contributed by atoms with Gasteiger partial charge in [-0.15, -0.1) is 0 Å². The molecule has 2 fully saturated rings. The summed E-state index contributed by atoms with van der Waals surface area (Å²) in [5.41, 5.74) is 0.845. The average Bonchev–Trinajstić information content (AvgIpc) is 2.71. The number of rotatable bonds is 3. The summed E-state index contributed by atoms with van der Waals surface area (Å²) in [6, 6.07) is 8.95. The molecule has 0 radical (unpaired) electrons. The van der Waals surface area contributed by atoms with Gasteiger partial charge in [0.15, 0.2) is 0 Å². The van der Waals surface area contributed by atoms with E-state index < -0.39 is 0 Å². The van der Waals surface area contributed by atoms with E-state index in [-0.39, 0.29) is 5.82 Å². The molecule has 3 rings (SSSR count). The minimum atomic E-state index is -0.0659. The van der Waals surface area contributed by atoms with Crippen LogP contribution >= 0.6 is 0 Å². The molecule has 3 unspecified atom stereocenters. The van der Waals surface area contributed by atoms with Gasteiger partial charge in [-0.2, -0.15) is 0 Å². The molecular formula is C16H23FN2. The first-order valence-corrected chi connectivity index (χ1v) is 7.46. The van der Waals surface area contributed by atoms with Gasteiger partial charge in [0.1, 0.15) is 5.82 Å². The van der Waals surface area contributed by atoms with Crippen LogP contribution in [-0.4, -0.2) is 36.1 Å². The number of nitrogens with one attached hydrogen (secondary N) is 1. The van der Waals surface area contributed by atoms with E-state index in [9.17, 15) is 4.39 Å². The van der Waals surface area contributed by atoms with Crippen molar-refractivity contribution in [1.82, 2.24) is 10.2 Å². The molecule has 2 heterocycles. The fourth-order valence-corrected chi connectivity index (χ4v) is 3.48. The first-order chi connectivity index (χ1) is 9.22. The summed E-state index contributed by atoms with van der Waals surface area (Å²) in [7, 11) is 0. The van der Waals surface area contributed by atoms with Crippen molar-refractivity contribution >= 4 is 0 Å². The van der Waals surface area contributed by atoms with Gasteiger partial charge in [-0.25, -0.2) is 4.39 Å². The van der Waals surface area contributed by atoms with Crippen LogP contribution in [0.25, 0.3) is 0 Å². The molecule has 3 heteroatoms. The molecule has 3 atom stereocenters. The SMILES string of the molecule is CC(Cc1ccccc1F)N1CCC2CCC(C1)N2. The predicted molar refractivity (Wildman–Crippen MR) is 75.7 cm³/mol. The molecular weight excluding hydrogens is 239 g/mol. The number of benzene rings is 1. The van der Waals surface area contributed by atoms with Crippen LogP contribution in [0.1, 0.15) is 31.7 Å². The Hall–Kier alpha value is -0.930. The van der Waals surface area contributed by atoms with Gasteiger partial charge in [0, 0.05) is 24.7 Å². The highest BCUT2D eigenvalue weighted by atomic mass is 19.1. The molecule has 2 nitrogen and oxygen atoms in total. The fraction of sp³-hybridized carbons (Fsp3) is 0.625. The fourth-order valence-electron chi connectivity index (χ4n) is 3.48. The zero-order valence-electron chi connectivity index (χ0n) is 11.6. The standard InChI is InChI=1S/C16H23FN2/c1-12(10-13-4-2-3-5-16(13)17)19-9-8-14-6-7-15(11-19)18-14/h2-5,12,14-15,18H,6-11H2,1H3. The number of likely N-dealkylation sites (tertiary alicyclic amines) is 1. The molecule has 0 saturated carbocycles. The Morgan fingerprint density at radius 2 is 2.05 bits per heavy atom. The normalized spacial score (nSPS) is 29.2. The van der Waals surface area contributed by atoms with E-state index in [2.05, 4.69) is 17.1 Å². The van der Waals surface area contributed by atoms with Crippen LogP contribution in [0.2, 0.25) is 0 Å². The van der Waals surface area contributed by atoms with Crippen LogP contribution in [0.4, 0.5) is 4.39 Å². The molecule has 0 aromatic heterocycles. The minimum Gasteiger partial charge on any atom is -0.310 e. The van der Waals surface area contributed by atoms with Crippen LogP contribution in [0.5, 0.6) is 0 Å². The minimum absolute atomic E-state index is 0.0659. The largest absolute Gasteiger partial charge is 0.310 e. The first-order valence-electron chi connectivity index (χ1n) is 7.46. The lowest BCUT2D eigenvalue weighted by atomic mass is 10.0. The first kappa shape index (κ1) is 13.1. The molecule has 1 N–H and O–H groups in total. The second-order valence-electron chi connectivity index (χ2n) is 6.07. The van der Waals surface area contributed by atoms with Crippen molar-refractivity contribution in [1.29, 1.82) is 0 Å². The van der Waals surface area contributed by atoms with Gasteiger partial charge < -0.3 is 5.32 Å². The molecule has 2 aliphatic rings. The van der Waals surface area contributed by atoms with Crippen molar-refractivity contribution in [2.45, 2.75) is 50.7 Å². The van der Waals surface area contributed by atoms with Gasteiger partial charge in [0.05, 0.1) is 0 Å². The quantitative estimate of drug-likeness (QED) is 0.900. The third-order valence-corrected chi connectivity index (χ3v) is 4.65.